The van der Waals surface area contributed by atoms with E-state index in [0.29, 0.717) is 5.88 Å². The summed E-state index contributed by atoms with van der Waals surface area (Å²) in [7, 11) is 1.63. The van der Waals surface area contributed by atoms with Gasteiger partial charge in [-0.15, -0.1) is 11.6 Å². The molecule has 0 saturated carbocycles. The lowest BCUT2D eigenvalue weighted by Gasteiger charge is -1.97. The van der Waals surface area contributed by atoms with Gasteiger partial charge in [0.1, 0.15) is 5.76 Å². The first kappa shape index (κ1) is 9.57. The number of hydrogen-bond donors (Lipinski definition) is 0. The third-order valence-corrected chi connectivity index (χ3v) is 1.39. The molecule has 2 heteroatoms. The quantitative estimate of drug-likeness (QED) is 0.260. The van der Waals surface area contributed by atoms with E-state index in [2.05, 4.69) is 6.58 Å². The van der Waals surface area contributed by atoms with Gasteiger partial charge in [0, 0.05) is 5.88 Å². The number of alkyl halides is 1. The van der Waals surface area contributed by atoms with Crippen molar-refractivity contribution in [2.45, 2.75) is 12.8 Å². The van der Waals surface area contributed by atoms with Crippen LogP contribution in [0.3, 0.4) is 0 Å². The van der Waals surface area contributed by atoms with Crippen molar-refractivity contribution in [3.8, 4) is 0 Å². The maximum absolute atomic E-state index is 5.48. The molecule has 0 fully saturated rings. The Labute approximate surface area is 67.3 Å². The summed E-state index contributed by atoms with van der Waals surface area (Å²) in [5, 5.41) is 0. The summed E-state index contributed by atoms with van der Waals surface area (Å²) in [5.74, 6) is 1.52. The molecule has 0 aliphatic heterocycles. The van der Waals surface area contributed by atoms with Crippen LogP contribution in [0.4, 0.5) is 0 Å². The molecule has 0 aromatic heterocycles. The van der Waals surface area contributed by atoms with E-state index < -0.39 is 0 Å². The number of rotatable bonds is 5. The largest absolute Gasteiger partial charge is 0.497 e. The van der Waals surface area contributed by atoms with Crippen LogP contribution >= 0.6 is 11.6 Å². The van der Waals surface area contributed by atoms with Crippen LogP contribution in [0.15, 0.2) is 24.5 Å². The molecule has 58 valence electrons. The van der Waals surface area contributed by atoms with Crippen molar-refractivity contribution in [3.63, 3.8) is 0 Å². The number of allylic oxidation sites excluding steroid dienone is 2. The van der Waals surface area contributed by atoms with Crippen molar-refractivity contribution >= 4 is 11.6 Å². The third-order valence-electron chi connectivity index (χ3n) is 1.12. The van der Waals surface area contributed by atoms with E-state index >= 15 is 0 Å². The molecule has 0 radical (unpaired) electrons. The molecule has 0 spiro atoms. The van der Waals surface area contributed by atoms with E-state index in [9.17, 15) is 0 Å². The standard InChI is InChI=1S/C8H13ClO/c1-3-8(10-2)6-4-5-7-9/h3,6H,1,4-5,7H2,2H3/b8-6-. The maximum atomic E-state index is 5.48. The number of methoxy groups -OCH3 is 1. The average Bonchev–Trinajstić information content (AvgIpc) is 1.99. The second-order valence-corrected chi connectivity index (χ2v) is 2.22. The van der Waals surface area contributed by atoms with E-state index in [-0.39, 0.29) is 0 Å². The zero-order chi connectivity index (χ0) is 7.82. The van der Waals surface area contributed by atoms with Crippen molar-refractivity contribution in [2.75, 3.05) is 13.0 Å². The first-order valence-corrected chi connectivity index (χ1v) is 3.81. The molecule has 1 nitrogen and oxygen atoms in total. The molecular formula is C8H13ClO. The van der Waals surface area contributed by atoms with Crippen LogP contribution in [0.1, 0.15) is 12.8 Å². The highest BCUT2D eigenvalue weighted by molar-refractivity contribution is 6.17. The van der Waals surface area contributed by atoms with E-state index in [1.807, 2.05) is 6.08 Å². The summed E-state index contributed by atoms with van der Waals surface area (Å²) < 4.78 is 4.95. The van der Waals surface area contributed by atoms with Crippen LogP contribution in [0.5, 0.6) is 0 Å². The monoisotopic (exact) mass is 160 g/mol. The van der Waals surface area contributed by atoms with Crippen LogP contribution in [0, 0.1) is 0 Å². The molecule has 0 atom stereocenters. The Balaban J connectivity index is 3.53. The van der Waals surface area contributed by atoms with Gasteiger partial charge in [-0.1, -0.05) is 6.58 Å². The topological polar surface area (TPSA) is 9.23 Å². The van der Waals surface area contributed by atoms with E-state index in [0.717, 1.165) is 18.6 Å². The van der Waals surface area contributed by atoms with Gasteiger partial charge in [-0.3, -0.25) is 0 Å². The smallest absolute Gasteiger partial charge is 0.114 e. The summed E-state index contributed by atoms with van der Waals surface area (Å²) in [6.07, 6.45) is 5.62. The summed E-state index contributed by atoms with van der Waals surface area (Å²) in [6, 6.07) is 0. The van der Waals surface area contributed by atoms with E-state index in [1.54, 1.807) is 13.2 Å². The summed E-state index contributed by atoms with van der Waals surface area (Å²) in [5.41, 5.74) is 0. The van der Waals surface area contributed by atoms with Gasteiger partial charge in [0.15, 0.2) is 0 Å². The van der Waals surface area contributed by atoms with E-state index in [1.165, 1.54) is 0 Å². The Kier molecular flexibility index (Phi) is 6.40. The third kappa shape index (κ3) is 4.45. The fourth-order valence-electron chi connectivity index (χ4n) is 0.571. The first-order valence-electron chi connectivity index (χ1n) is 3.27. The second kappa shape index (κ2) is 6.69. The molecule has 0 unspecified atom stereocenters. The molecule has 0 saturated heterocycles. The van der Waals surface area contributed by atoms with Crippen molar-refractivity contribution in [1.29, 1.82) is 0 Å². The highest BCUT2D eigenvalue weighted by Crippen LogP contribution is 2.01. The van der Waals surface area contributed by atoms with Crippen molar-refractivity contribution in [2.24, 2.45) is 0 Å². The normalized spacial score (nSPS) is 11.2. The summed E-state index contributed by atoms with van der Waals surface area (Å²) >= 11 is 5.48. The van der Waals surface area contributed by atoms with Gasteiger partial charge >= 0.3 is 0 Å². The second-order valence-electron chi connectivity index (χ2n) is 1.85. The minimum absolute atomic E-state index is 0.699. The molecule has 0 N–H and O–H groups in total. The lowest BCUT2D eigenvalue weighted by Crippen LogP contribution is -1.81. The predicted molar refractivity (Wildman–Crippen MR) is 45.2 cm³/mol. The first-order chi connectivity index (χ1) is 4.85. The SMILES string of the molecule is C=C/C(=C/CCCCl)OC. The lowest BCUT2D eigenvalue weighted by molar-refractivity contribution is 0.305. The Morgan fingerprint density at radius 2 is 2.40 bits per heavy atom. The number of unbranched alkanes of at least 4 members (excludes halogenated alkanes) is 1. The molecule has 0 aromatic carbocycles. The van der Waals surface area contributed by atoms with Crippen LogP contribution in [-0.4, -0.2) is 13.0 Å². The summed E-state index contributed by atoms with van der Waals surface area (Å²) in [6.45, 7) is 3.58. The highest BCUT2D eigenvalue weighted by atomic mass is 35.5. The van der Waals surface area contributed by atoms with Gasteiger partial charge in [0.05, 0.1) is 7.11 Å². The van der Waals surface area contributed by atoms with Gasteiger partial charge in [0.2, 0.25) is 0 Å². The predicted octanol–water partition coefficient (Wildman–Crippen LogP) is 2.72. The molecule has 0 amide bonds. The van der Waals surface area contributed by atoms with Crippen LogP contribution in [-0.2, 0) is 4.74 Å². The summed E-state index contributed by atoms with van der Waals surface area (Å²) in [4.78, 5) is 0. The van der Waals surface area contributed by atoms with Crippen molar-refractivity contribution < 1.29 is 4.74 Å². The van der Waals surface area contributed by atoms with Crippen molar-refractivity contribution in [3.05, 3.63) is 24.5 Å². The molecule has 10 heavy (non-hydrogen) atoms. The van der Waals surface area contributed by atoms with Gasteiger partial charge in [-0.2, -0.15) is 0 Å². The molecule has 0 rings (SSSR count). The highest BCUT2D eigenvalue weighted by Gasteiger charge is 1.86. The minimum Gasteiger partial charge on any atom is -0.497 e. The van der Waals surface area contributed by atoms with Gasteiger partial charge < -0.3 is 4.74 Å². The van der Waals surface area contributed by atoms with E-state index in [4.69, 9.17) is 16.3 Å². The van der Waals surface area contributed by atoms with Crippen LogP contribution in [0.2, 0.25) is 0 Å². The zero-order valence-corrected chi connectivity index (χ0v) is 7.03. The van der Waals surface area contributed by atoms with Crippen LogP contribution in [0.25, 0.3) is 0 Å². The Morgan fingerprint density at radius 1 is 1.70 bits per heavy atom. The minimum atomic E-state index is 0.699. The Bertz CT molecular complexity index is 118. The van der Waals surface area contributed by atoms with Gasteiger partial charge in [0.25, 0.3) is 0 Å². The lowest BCUT2D eigenvalue weighted by atomic mass is 10.3. The Morgan fingerprint density at radius 3 is 2.80 bits per heavy atom. The van der Waals surface area contributed by atoms with Crippen LogP contribution < -0.4 is 0 Å². The van der Waals surface area contributed by atoms with Crippen molar-refractivity contribution in [1.82, 2.24) is 0 Å². The number of ether oxygens (including phenoxy) is 1. The molecule has 0 heterocycles. The molecular weight excluding hydrogens is 148 g/mol. The number of halogens is 1. The Hall–Kier alpha value is -0.430. The average molecular weight is 161 g/mol. The fraction of sp³-hybridized carbons (Fsp3) is 0.500. The number of hydrogen-bond acceptors (Lipinski definition) is 1. The fourth-order valence-corrected chi connectivity index (χ4v) is 0.726. The molecule has 0 aliphatic carbocycles. The molecule has 0 bridgehead atoms. The van der Waals surface area contributed by atoms with Gasteiger partial charge in [-0.05, 0) is 25.0 Å². The molecule has 0 aliphatic rings. The molecule has 0 aromatic rings. The zero-order valence-electron chi connectivity index (χ0n) is 6.27. The van der Waals surface area contributed by atoms with Gasteiger partial charge in [-0.25, -0.2) is 0 Å². The maximum Gasteiger partial charge on any atom is 0.114 e.